The molecule has 0 aromatic heterocycles. The quantitative estimate of drug-likeness (QED) is 0.605. The van der Waals surface area contributed by atoms with Crippen LogP contribution in [0, 0.1) is 0 Å². The van der Waals surface area contributed by atoms with Gasteiger partial charge in [-0.3, -0.25) is 0 Å². The van der Waals surface area contributed by atoms with Gasteiger partial charge in [0.25, 0.3) is 0 Å². The average Bonchev–Trinajstić information content (AvgIpc) is 2.57. The molecule has 0 heterocycles. The molecule has 0 radical (unpaired) electrons. The molecule has 4 heteroatoms. The number of hydrogen-bond acceptors (Lipinski definition) is 2. The lowest BCUT2D eigenvalue weighted by Gasteiger charge is -2.14. The number of hydrogen-bond donors (Lipinski definition) is 1. The molecule has 116 valence electrons. The molecule has 0 amide bonds. The molecule has 0 aliphatic carbocycles. The summed E-state index contributed by atoms with van der Waals surface area (Å²) >= 11 is 12.1. The fraction of sp³-hybridized carbons (Fsp3) is 0.0526. The molecule has 2 nitrogen and oxygen atoms in total. The Hall–Kier alpha value is -2.16. The summed E-state index contributed by atoms with van der Waals surface area (Å²) in [4.78, 5) is 0. The summed E-state index contributed by atoms with van der Waals surface area (Å²) in [6, 6.07) is 20.9. The van der Waals surface area contributed by atoms with Crippen molar-refractivity contribution in [3.63, 3.8) is 0 Å². The molecule has 3 rings (SSSR count). The zero-order valence-electron chi connectivity index (χ0n) is 12.3. The molecule has 0 fully saturated rings. The van der Waals surface area contributed by atoms with E-state index in [0.717, 1.165) is 16.7 Å². The van der Waals surface area contributed by atoms with Crippen LogP contribution in [0.25, 0.3) is 11.1 Å². The highest BCUT2D eigenvalue weighted by molar-refractivity contribution is 6.31. The Bertz CT molecular complexity index is 802. The van der Waals surface area contributed by atoms with Gasteiger partial charge in [-0.05, 0) is 29.3 Å². The van der Waals surface area contributed by atoms with Crippen molar-refractivity contribution in [2.24, 2.45) is 0 Å². The SMILES string of the molecule is Nc1c(OCc2ccc(Cl)cc2)cc(Cl)cc1-c1ccccc1. The molecule has 0 bridgehead atoms. The van der Waals surface area contributed by atoms with E-state index in [9.17, 15) is 0 Å². The molecular weight excluding hydrogens is 329 g/mol. The number of ether oxygens (including phenoxy) is 1. The molecule has 3 aromatic carbocycles. The van der Waals surface area contributed by atoms with Crippen LogP contribution in [0.3, 0.4) is 0 Å². The van der Waals surface area contributed by atoms with Crippen LogP contribution in [-0.2, 0) is 6.61 Å². The van der Waals surface area contributed by atoms with Gasteiger partial charge in [0.2, 0.25) is 0 Å². The standard InChI is InChI=1S/C19H15Cl2NO/c20-15-8-6-13(7-9-15)12-23-18-11-16(21)10-17(19(18)22)14-4-2-1-3-5-14/h1-11H,12,22H2. The number of halogens is 2. The van der Waals surface area contributed by atoms with Crippen molar-refractivity contribution in [2.45, 2.75) is 6.61 Å². The van der Waals surface area contributed by atoms with Crippen LogP contribution >= 0.6 is 23.2 Å². The van der Waals surface area contributed by atoms with Crippen LogP contribution < -0.4 is 10.5 Å². The third-order valence-electron chi connectivity index (χ3n) is 3.50. The molecule has 2 N–H and O–H groups in total. The zero-order chi connectivity index (χ0) is 16.2. The first-order valence-electron chi connectivity index (χ1n) is 7.15. The van der Waals surface area contributed by atoms with Crippen LogP contribution in [0.4, 0.5) is 5.69 Å². The second-order valence-electron chi connectivity index (χ2n) is 5.15. The van der Waals surface area contributed by atoms with E-state index >= 15 is 0 Å². The van der Waals surface area contributed by atoms with Crippen molar-refractivity contribution in [3.05, 3.63) is 82.3 Å². The smallest absolute Gasteiger partial charge is 0.144 e. The molecular formula is C19H15Cl2NO. The van der Waals surface area contributed by atoms with Crippen molar-refractivity contribution in [1.82, 2.24) is 0 Å². The van der Waals surface area contributed by atoms with Gasteiger partial charge in [0.05, 0.1) is 5.69 Å². The van der Waals surface area contributed by atoms with Gasteiger partial charge < -0.3 is 10.5 Å². The lowest BCUT2D eigenvalue weighted by molar-refractivity contribution is 0.308. The molecule has 0 saturated heterocycles. The van der Waals surface area contributed by atoms with Gasteiger partial charge in [-0.1, -0.05) is 65.7 Å². The number of benzene rings is 3. The first kappa shape index (κ1) is 15.7. The van der Waals surface area contributed by atoms with Gasteiger partial charge in [0, 0.05) is 21.7 Å². The highest BCUT2D eigenvalue weighted by Gasteiger charge is 2.11. The van der Waals surface area contributed by atoms with Gasteiger partial charge >= 0.3 is 0 Å². The topological polar surface area (TPSA) is 35.2 Å². The Morgan fingerprint density at radius 3 is 2.22 bits per heavy atom. The Kier molecular flexibility index (Phi) is 4.75. The maximum atomic E-state index is 6.27. The molecule has 0 aliphatic heterocycles. The van der Waals surface area contributed by atoms with Crippen molar-refractivity contribution < 1.29 is 4.74 Å². The second-order valence-corrected chi connectivity index (χ2v) is 6.02. The molecule has 23 heavy (non-hydrogen) atoms. The predicted octanol–water partition coefficient (Wildman–Crippen LogP) is 5.82. The minimum absolute atomic E-state index is 0.399. The largest absolute Gasteiger partial charge is 0.487 e. The van der Waals surface area contributed by atoms with E-state index in [2.05, 4.69) is 0 Å². The first-order chi connectivity index (χ1) is 11.1. The number of anilines is 1. The van der Waals surface area contributed by atoms with Crippen molar-refractivity contribution in [1.29, 1.82) is 0 Å². The van der Waals surface area contributed by atoms with E-state index in [1.54, 1.807) is 6.07 Å². The maximum Gasteiger partial charge on any atom is 0.144 e. The van der Waals surface area contributed by atoms with Gasteiger partial charge in [-0.25, -0.2) is 0 Å². The van der Waals surface area contributed by atoms with Crippen molar-refractivity contribution in [2.75, 3.05) is 5.73 Å². The summed E-state index contributed by atoms with van der Waals surface area (Å²) in [5.74, 6) is 0.575. The highest BCUT2D eigenvalue weighted by atomic mass is 35.5. The number of nitrogen functional groups attached to an aromatic ring is 1. The predicted molar refractivity (Wildman–Crippen MR) is 97.1 cm³/mol. The van der Waals surface area contributed by atoms with E-state index < -0.39 is 0 Å². The summed E-state index contributed by atoms with van der Waals surface area (Å²) in [5, 5.41) is 1.28. The lowest BCUT2D eigenvalue weighted by Crippen LogP contribution is -2.00. The maximum absolute atomic E-state index is 6.27. The second kappa shape index (κ2) is 6.95. The van der Waals surface area contributed by atoms with Crippen LogP contribution in [0.5, 0.6) is 5.75 Å². The van der Waals surface area contributed by atoms with E-state index in [1.807, 2.05) is 60.7 Å². The van der Waals surface area contributed by atoms with Crippen molar-refractivity contribution in [3.8, 4) is 16.9 Å². The molecule has 0 atom stereocenters. The van der Waals surface area contributed by atoms with E-state index in [-0.39, 0.29) is 0 Å². The van der Waals surface area contributed by atoms with Crippen LogP contribution in [0.15, 0.2) is 66.7 Å². The van der Waals surface area contributed by atoms with Gasteiger partial charge in [-0.2, -0.15) is 0 Å². The summed E-state index contributed by atoms with van der Waals surface area (Å²) in [5.41, 5.74) is 9.72. The number of rotatable bonds is 4. The third-order valence-corrected chi connectivity index (χ3v) is 3.97. The lowest BCUT2D eigenvalue weighted by atomic mass is 10.0. The van der Waals surface area contributed by atoms with Crippen molar-refractivity contribution >= 4 is 28.9 Å². The fourth-order valence-corrected chi connectivity index (χ4v) is 2.64. The minimum atomic E-state index is 0.399. The van der Waals surface area contributed by atoms with Gasteiger partial charge in [-0.15, -0.1) is 0 Å². The summed E-state index contributed by atoms with van der Waals surface area (Å²) in [6.45, 7) is 0.399. The number of nitrogens with two attached hydrogens (primary N) is 1. The van der Waals surface area contributed by atoms with Gasteiger partial charge in [0.1, 0.15) is 12.4 Å². The molecule has 0 aliphatic rings. The van der Waals surface area contributed by atoms with Crippen LogP contribution in [-0.4, -0.2) is 0 Å². The minimum Gasteiger partial charge on any atom is -0.487 e. The zero-order valence-corrected chi connectivity index (χ0v) is 13.8. The van der Waals surface area contributed by atoms with Crippen LogP contribution in [0.2, 0.25) is 10.0 Å². The van der Waals surface area contributed by atoms with E-state index in [1.165, 1.54) is 0 Å². The normalized spacial score (nSPS) is 10.5. The van der Waals surface area contributed by atoms with Crippen LogP contribution in [0.1, 0.15) is 5.56 Å². The first-order valence-corrected chi connectivity index (χ1v) is 7.91. The highest BCUT2D eigenvalue weighted by Crippen LogP contribution is 2.36. The summed E-state index contributed by atoms with van der Waals surface area (Å²) < 4.78 is 5.85. The summed E-state index contributed by atoms with van der Waals surface area (Å²) in [6.07, 6.45) is 0. The molecule has 0 spiro atoms. The average molecular weight is 344 g/mol. The van der Waals surface area contributed by atoms with E-state index in [4.69, 9.17) is 33.7 Å². The summed E-state index contributed by atoms with van der Waals surface area (Å²) in [7, 11) is 0. The monoisotopic (exact) mass is 343 g/mol. The third kappa shape index (κ3) is 3.79. The van der Waals surface area contributed by atoms with E-state index in [0.29, 0.717) is 28.1 Å². The fourth-order valence-electron chi connectivity index (χ4n) is 2.31. The molecule has 3 aromatic rings. The Morgan fingerprint density at radius 1 is 0.826 bits per heavy atom. The van der Waals surface area contributed by atoms with Gasteiger partial charge in [0.15, 0.2) is 0 Å². The Labute approximate surface area is 145 Å². The Balaban J connectivity index is 1.88. The molecule has 0 unspecified atom stereocenters. The Morgan fingerprint density at radius 2 is 1.52 bits per heavy atom. The molecule has 0 saturated carbocycles.